The lowest BCUT2D eigenvalue weighted by Gasteiger charge is -2.36. The molecule has 1 aliphatic heterocycles. The number of likely N-dealkylation sites (tertiary alicyclic amines) is 1. The third kappa shape index (κ3) is 2.53. The number of para-hydroxylation sites is 2. The number of carbonyl (C=O) groups excluding carboxylic acids is 1. The van der Waals surface area contributed by atoms with E-state index >= 15 is 0 Å². The lowest BCUT2D eigenvalue weighted by atomic mass is 10.0. The number of imidazole rings is 1. The Morgan fingerprint density at radius 2 is 2.21 bits per heavy atom. The summed E-state index contributed by atoms with van der Waals surface area (Å²) in [5.74, 6) is 0.876. The summed E-state index contributed by atoms with van der Waals surface area (Å²) >= 11 is 0. The van der Waals surface area contributed by atoms with Crippen LogP contribution in [0.25, 0.3) is 11.0 Å². The highest BCUT2D eigenvalue weighted by Gasteiger charge is 2.33. The summed E-state index contributed by atoms with van der Waals surface area (Å²) in [4.78, 5) is 22.9. The molecular weight excluding hydrogens is 306 g/mol. The van der Waals surface area contributed by atoms with Crippen LogP contribution in [0.4, 0.5) is 0 Å². The topological polar surface area (TPSA) is 92.6 Å². The molecule has 1 aromatic carbocycles. The number of hydrogen-bond acceptors (Lipinski definition) is 5. The minimum absolute atomic E-state index is 0.0208. The van der Waals surface area contributed by atoms with Crippen LogP contribution in [-0.2, 0) is 4.79 Å². The fourth-order valence-electron chi connectivity index (χ4n) is 3.31. The van der Waals surface area contributed by atoms with Gasteiger partial charge in [-0.1, -0.05) is 12.1 Å². The van der Waals surface area contributed by atoms with Gasteiger partial charge in [0.15, 0.2) is 0 Å². The third-order valence-corrected chi connectivity index (χ3v) is 4.63. The van der Waals surface area contributed by atoms with Crippen molar-refractivity contribution in [2.45, 2.75) is 38.3 Å². The average Bonchev–Trinajstić information content (AvgIpc) is 3.29. The number of fused-ring (bicyclic) bond motifs is 1. The number of aromatic nitrogens is 6. The average molecular weight is 325 g/mol. The monoisotopic (exact) mass is 325 g/mol. The van der Waals surface area contributed by atoms with Crippen LogP contribution in [0.3, 0.4) is 0 Å². The molecule has 0 radical (unpaired) electrons. The van der Waals surface area contributed by atoms with Gasteiger partial charge in [-0.25, -0.2) is 9.67 Å². The fourth-order valence-corrected chi connectivity index (χ4v) is 3.31. The Kier molecular flexibility index (Phi) is 3.72. The molecule has 0 saturated carbocycles. The number of nitrogens with zero attached hydrogens (tertiary/aromatic N) is 6. The maximum atomic E-state index is 13.0. The minimum Gasteiger partial charge on any atom is -0.340 e. The van der Waals surface area contributed by atoms with Crippen LogP contribution in [0.1, 0.15) is 44.1 Å². The van der Waals surface area contributed by atoms with E-state index < -0.39 is 6.04 Å². The van der Waals surface area contributed by atoms with Crippen molar-refractivity contribution in [1.29, 1.82) is 0 Å². The Bertz CT molecular complexity index is 808. The molecule has 3 aromatic rings. The largest absolute Gasteiger partial charge is 0.340 e. The second-order valence-corrected chi connectivity index (χ2v) is 6.15. The van der Waals surface area contributed by atoms with Crippen molar-refractivity contribution in [2.75, 3.05) is 6.54 Å². The summed E-state index contributed by atoms with van der Waals surface area (Å²) in [6.45, 7) is 2.55. The number of amides is 1. The van der Waals surface area contributed by atoms with Gasteiger partial charge >= 0.3 is 0 Å². The molecule has 1 fully saturated rings. The Hall–Kier alpha value is -2.77. The number of nitrogens with one attached hydrogen (secondary N) is 1. The number of benzene rings is 1. The van der Waals surface area contributed by atoms with Crippen LogP contribution >= 0.6 is 0 Å². The van der Waals surface area contributed by atoms with Gasteiger partial charge in [0, 0.05) is 6.54 Å². The highest BCUT2D eigenvalue weighted by Crippen LogP contribution is 2.32. The minimum atomic E-state index is -0.426. The van der Waals surface area contributed by atoms with E-state index in [0.717, 1.165) is 42.7 Å². The molecule has 1 amide bonds. The molecule has 1 N–H and O–H groups in total. The molecule has 8 heteroatoms. The number of hydrogen-bond donors (Lipinski definition) is 1. The maximum Gasteiger partial charge on any atom is 0.247 e. The maximum absolute atomic E-state index is 13.0. The van der Waals surface area contributed by atoms with Crippen LogP contribution in [-0.4, -0.2) is 47.5 Å². The highest BCUT2D eigenvalue weighted by molar-refractivity contribution is 5.81. The molecular formula is C16H19N7O. The Morgan fingerprint density at radius 3 is 3.00 bits per heavy atom. The van der Waals surface area contributed by atoms with Crippen molar-refractivity contribution in [3.63, 3.8) is 0 Å². The predicted octanol–water partition coefficient (Wildman–Crippen LogP) is 1.86. The summed E-state index contributed by atoms with van der Waals surface area (Å²) < 4.78 is 1.49. The van der Waals surface area contributed by atoms with Crippen molar-refractivity contribution >= 4 is 16.9 Å². The van der Waals surface area contributed by atoms with Gasteiger partial charge in [0.2, 0.25) is 5.91 Å². The summed E-state index contributed by atoms with van der Waals surface area (Å²) in [5.41, 5.74) is 1.93. The molecule has 1 aliphatic rings. The van der Waals surface area contributed by atoms with Crippen LogP contribution in [0.2, 0.25) is 0 Å². The number of H-pyrrole nitrogens is 1. The predicted molar refractivity (Wildman–Crippen MR) is 86.9 cm³/mol. The highest BCUT2D eigenvalue weighted by atomic mass is 16.2. The van der Waals surface area contributed by atoms with Crippen molar-refractivity contribution in [3.05, 3.63) is 36.4 Å². The lowest BCUT2D eigenvalue weighted by molar-refractivity contribution is -0.138. The summed E-state index contributed by atoms with van der Waals surface area (Å²) in [5, 5.41) is 11.1. The van der Waals surface area contributed by atoms with Crippen LogP contribution < -0.4 is 0 Å². The van der Waals surface area contributed by atoms with Crippen LogP contribution in [0, 0.1) is 0 Å². The molecule has 0 spiro atoms. The Morgan fingerprint density at radius 1 is 1.33 bits per heavy atom. The van der Waals surface area contributed by atoms with E-state index in [9.17, 15) is 4.79 Å². The second kappa shape index (κ2) is 6.03. The van der Waals surface area contributed by atoms with Crippen molar-refractivity contribution < 1.29 is 4.79 Å². The zero-order valence-corrected chi connectivity index (χ0v) is 13.5. The van der Waals surface area contributed by atoms with Crippen molar-refractivity contribution in [2.24, 2.45) is 0 Å². The number of carbonyl (C=O) groups is 1. The standard InChI is InChI=1S/C16H19N7O/c1-11(23-10-17-20-21-23)16(24)22-9-5-4-8-14(22)15-18-12-6-2-3-7-13(12)19-15/h2-3,6-7,10-11,14H,4-5,8-9H2,1H3,(H,18,19)/t11-,14?/m0/s1. The number of piperidine rings is 1. The number of aromatic amines is 1. The molecule has 0 bridgehead atoms. The first-order chi connectivity index (χ1) is 11.7. The van der Waals surface area contributed by atoms with Gasteiger partial charge in [0.25, 0.3) is 0 Å². The smallest absolute Gasteiger partial charge is 0.247 e. The van der Waals surface area contributed by atoms with Gasteiger partial charge in [-0.05, 0) is 48.7 Å². The van der Waals surface area contributed by atoms with E-state index in [1.165, 1.54) is 11.0 Å². The van der Waals surface area contributed by atoms with Gasteiger partial charge in [-0.15, -0.1) is 5.10 Å². The SMILES string of the molecule is C[C@@H](C(=O)N1CCCCC1c1nc2ccccc2[nH]1)n1cnnn1. The van der Waals surface area contributed by atoms with E-state index in [1.807, 2.05) is 36.1 Å². The summed E-state index contributed by atoms with van der Waals surface area (Å²) in [6, 6.07) is 7.48. The second-order valence-electron chi connectivity index (χ2n) is 6.15. The van der Waals surface area contributed by atoms with Gasteiger partial charge in [0.05, 0.1) is 17.1 Å². The Balaban J connectivity index is 1.64. The first-order valence-corrected chi connectivity index (χ1v) is 8.21. The fraction of sp³-hybridized carbons (Fsp3) is 0.438. The van der Waals surface area contributed by atoms with E-state index in [0.29, 0.717) is 0 Å². The van der Waals surface area contributed by atoms with Crippen LogP contribution in [0.15, 0.2) is 30.6 Å². The normalized spacial score (nSPS) is 19.5. The van der Waals surface area contributed by atoms with E-state index in [1.54, 1.807) is 0 Å². The van der Waals surface area contributed by atoms with Gasteiger partial charge in [-0.3, -0.25) is 4.79 Å². The van der Waals surface area contributed by atoms with Gasteiger partial charge in [-0.2, -0.15) is 0 Å². The molecule has 24 heavy (non-hydrogen) atoms. The number of tetrazole rings is 1. The van der Waals surface area contributed by atoms with Crippen molar-refractivity contribution in [3.8, 4) is 0 Å². The molecule has 8 nitrogen and oxygen atoms in total. The summed E-state index contributed by atoms with van der Waals surface area (Å²) in [6.07, 6.45) is 4.48. The molecule has 0 aliphatic carbocycles. The first kappa shape index (κ1) is 14.8. The number of rotatable bonds is 3. The molecule has 2 aromatic heterocycles. The lowest BCUT2D eigenvalue weighted by Crippen LogP contribution is -2.42. The van der Waals surface area contributed by atoms with Gasteiger partial charge < -0.3 is 9.88 Å². The van der Waals surface area contributed by atoms with E-state index in [4.69, 9.17) is 4.98 Å². The quantitative estimate of drug-likeness (QED) is 0.793. The van der Waals surface area contributed by atoms with Crippen molar-refractivity contribution in [1.82, 2.24) is 35.1 Å². The molecule has 1 unspecified atom stereocenters. The molecule has 4 rings (SSSR count). The molecule has 2 atom stereocenters. The van der Waals surface area contributed by atoms with E-state index in [-0.39, 0.29) is 11.9 Å². The first-order valence-electron chi connectivity index (χ1n) is 8.21. The zero-order chi connectivity index (χ0) is 16.5. The summed E-state index contributed by atoms with van der Waals surface area (Å²) in [7, 11) is 0. The zero-order valence-electron chi connectivity index (χ0n) is 13.5. The Labute approximate surface area is 138 Å². The molecule has 124 valence electrons. The molecule has 3 heterocycles. The third-order valence-electron chi connectivity index (χ3n) is 4.63. The van der Waals surface area contributed by atoms with E-state index in [2.05, 4.69) is 20.5 Å². The molecule has 1 saturated heterocycles. The van der Waals surface area contributed by atoms with Gasteiger partial charge in [0.1, 0.15) is 18.2 Å². The van der Waals surface area contributed by atoms with Crippen LogP contribution in [0.5, 0.6) is 0 Å².